The summed E-state index contributed by atoms with van der Waals surface area (Å²) in [5.41, 5.74) is 2.34. The maximum Gasteiger partial charge on any atom is 0.230 e. The van der Waals surface area contributed by atoms with Crippen molar-refractivity contribution in [3.8, 4) is 5.69 Å². The third-order valence-electron chi connectivity index (χ3n) is 3.35. The van der Waals surface area contributed by atoms with E-state index in [0.717, 1.165) is 4.90 Å². The summed E-state index contributed by atoms with van der Waals surface area (Å²) in [6.07, 6.45) is 1.79. The Morgan fingerprint density at radius 1 is 1.10 bits per heavy atom. The zero-order valence-corrected chi connectivity index (χ0v) is 11.1. The van der Waals surface area contributed by atoms with E-state index in [2.05, 4.69) is 0 Å². The van der Waals surface area contributed by atoms with Gasteiger partial charge in [-0.2, -0.15) is 0 Å². The van der Waals surface area contributed by atoms with Crippen LogP contribution in [0.4, 0.5) is 5.69 Å². The fourth-order valence-corrected chi connectivity index (χ4v) is 2.55. The molecule has 5 nitrogen and oxygen atoms in total. The molecule has 20 heavy (non-hydrogen) atoms. The molecule has 0 unspecified atom stereocenters. The molecule has 0 aliphatic carbocycles. The van der Waals surface area contributed by atoms with E-state index in [4.69, 9.17) is 0 Å². The third kappa shape index (κ3) is 1.60. The highest BCUT2D eigenvalue weighted by atomic mass is 16.2. The fraction of sp³-hybridized carbons (Fsp3) is 0.133. The number of ketones is 1. The van der Waals surface area contributed by atoms with Gasteiger partial charge in [-0.05, 0) is 30.3 Å². The molecule has 0 spiro atoms. The molecule has 0 N–H and O–H groups in total. The Kier molecular flexibility index (Phi) is 2.57. The van der Waals surface area contributed by atoms with Gasteiger partial charge in [0, 0.05) is 25.6 Å². The molecule has 0 saturated carbocycles. The average molecular weight is 268 g/mol. The van der Waals surface area contributed by atoms with E-state index in [9.17, 15) is 14.4 Å². The van der Waals surface area contributed by atoms with E-state index in [1.54, 1.807) is 41.1 Å². The van der Waals surface area contributed by atoms with Gasteiger partial charge in [-0.1, -0.05) is 0 Å². The quantitative estimate of drug-likeness (QED) is 0.677. The molecular weight excluding hydrogens is 256 g/mol. The molecule has 2 amide bonds. The monoisotopic (exact) mass is 268 g/mol. The van der Waals surface area contributed by atoms with E-state index in [1.807, 2.05) is 0 Å². The zero-order chi connectivity index (χ0) is 14.4. The van der Waals surface area contributed by atoms with E-state index < -0.39 is 0 Å². The van der Waals surface area contributed by atoms with Crippen LogP contribution >= 0.6 is 0 Å². The van der Waals surface area contributed by atoms with Gasteiger partial charge in [0.25, 0.3) is 0 Å². The van der Waals surface area contributed by atoms with Gasteiger partial charge < -0.3 is 4.57 Å². The topological polar surface area (TPSA) is 59.4 Å². The maximum atomic E-state index is 12.1. The number of benzene rings is 1. The van der Waals surface area contributed by atoms with Crippen LogP contribution in [0.2, 0.25) is 0 Å². The fourth-order valence-electron chi connectivity index (χ4n) is 2.55. The predicted molar refractivity (Wildman–Crippen MR) is 73.0 cm³/mol. The molecule has 0 saturated heterocycles. The number of carbonyl (C=O) groups excluding carboxylic acids is 3. The number of hydrogen-bond acceptors (Lipinski definition) is 3. The van der Waals surface area contributed by atoms with Crippen LogP contribution in [0.3, 0.4) is 0 Å². The van der Waals surface area contributed by atoms with Gasteiger partial charge in [-0.3, -0.25) is 19.3 Å². The summed E-state index contributed by atoms with van der Waals surface area (Å²) >= 11 is 0. The van der Waals surface area contributed by atoms with Crippen LogP contribution in [-0.4, -0.2) is 22.2 Å². The Morgan fingerprint density at radius 2 is 1.80 bits per heavy atom. The van der Waals surface area contributed by atoms with Crippen molar-refractivity contribution in [2.75, 3.05) is 4.90 Å². The second-order valence-electron chi connectivity index (χ2n) is 4.67. The molecule has 3 rings (SSSR count). The first-order valence-corrected chi connectivity index (χ1v) is 6.18. The summed E-state index contributed by atoms with van der Waals surface area (Å²) in [6.45, 7) is 2.67. The maximum absolute atomic E-state index is 12.1. The summed E-state index contributed by atoms with van der Waals surface area (Å²) < 4.78 is 1.76. The molecule has 0 radical (unpaired) electrons. The Labute approximate surface area is 115 Å². The Morgan fingerprint density at radius 3 is 2.45 bits per heavy atom. The molecule has 2 heterocycles. The number of anilines is 1. The molecule has 0 atom stereocenters. The lowest BCUT2D eigenvalue weighted by molar-refractivity contribution is -0.124. The van der Waals surface area contributed by atoms with Crippen LogP contribution in [0, 0.1) is 0 Å². The highest BCUT2D eigenvalue weighted by molar-refractivity contribution is 6.16. The van der Waals surface area contributed by atoms with Crippen molar-refractivity contribution in [3.63, 3.8) is 0 Å². The summed E-state index contributed by atoms with van der Waals surface area (Å²) in [7, 11) is 0. The van der Waals surface area contributed by atoms with Crippen molar-refractivity contribution >= 4 is 23.3 Å². The standard InChI is InChI=1S/C15H12N2O3/c1-9(18)17(10(2)19)11-5-6-12-14(8-11)16-7-3-4-13(16)15(12)20/h3-8H,1-2H3. The van der Waals surface area contributed by atoms with Gasteiger partial charge >= 0.3 is 0 Å². The normalized spacial score (nSPS) is 12.0. The SMILES string of the molecule is CC(=O)N(C(C)=O)c1ccc2c(c1)-n1cccc1C2=O. The summed E-state index contributed by atoms with van der Waals surface area (Å²) in [5, 5.41) is 0. The minimum atomic E-state index is -0.352. The van der Waals surface area contributed by atoms with E-state index >= 15 is 0 Å². The van der Waals surface area contributed by atoms with E-state index in [0.29, 0.717) is 22.6 Å². The number of fused-ring (bicyclic) bond motifs is 3. The van der Waals surface area contributed by atoms with Gasteiger partial charge in [0.15, 0.2) is 0 Å². The molecule has 1 aromatic carbocycles. The Hall–Kier alpha value is -2.69. The van der Waals surface area contributed by atoms with Crippen molar-refractivity contribution in [1.29, 1.82) is 0 Å². The number of carbonyl (C=O) groups is 3. The molecule has 1 aliphatic heterocycles. The number of nitrogens with zero attached hydrogens (tertiary/aromatic N) is 2. The number of rotatable bonds is 1. The molecular formula is C15H12N2O3. The zero-order valence-electron chi connectivity index (χ0n) is 11.1. The van der Waals surface area contributed by atoms with Crippen molar-refractivity contribution in [1.82, 2.24) is 4.57 Å². The Bertz CT molecular complexity index is 744. The first kappa shape index (κ1) is 12.3. The molecule has 0 fully saturated rings. The van der Waals surface area contributed by atoms with Crippen LogP contribution < -0.4 is 4.90 Å². The van der Waals surface area contributed by atoms with E-state index in [-0.39, 0.29) is 17.6 Å². The summed E-state index contributed by atoms with van der Waals surface area (Å²) in [4.78, 5) is 36.4. The summed E-state index contributed by atoms with van der Waals surface area (Å²) in [6, 6.07) is 8.49. The molecule has 1 aromatic heterocycles. The smallest absolute Gasteiger partial charge is 0.230 e. The highest BCUT2D eigenvalue weighted by Gasteiger charge is 2.27. The number of amides is 2. The molecule has 100 valence electrons. The lowest BCUT2D eigenvalue weighted by atomic mass is 10.1. The van der Waals surface area contributed by atoms with Gasteiger partial charge in [-0.25, -0.2) is 0 Å². The third-order valence-corrected chi connectivity index (χ3v) is 3.35. The minimum Gasteiger partial charge on any atom is -0.313 e. The highest BCUT2D eigenvalue weighted by Crippen LogP contribution is 2.31. The predicted octanol–water partition coefficient (Wildman–Crippen LogP) is 1.92. The minimum absolute atomic E-state index is 0.0475. The van der Waals surface area contributed by atoms with Crippen LogP contribution in [0.25, 0.3) is 5.69 Å². The lowest BCUT2D eigenvalue weighted by Crippen LogP contribution is -2.33. The first-order chi connectivity index (χ1) is 9.50. The average Bonchev–Trinajstić information content (AvgIpc) is 2.93. The van der Waals surface area contributed by atoms with E-state index in [1.165, 1.54) is 13.8 Å². The van der Waals surface area contributed by atoms with Crippen molar-refractivity contribution in [3.05, 3.63) is 47.8 Å². The van der Waals surface area contributed by atoms with Crippen molar-refractivity contribution in [2.45, 2.75) is 13.8 Å². The van der Waals surface area contributed by atoms with Gasteiger partial charge in [-0.15, -0.1) is 0 Å². The van der Waals surface area contributed by atoms with Crippen LogP contribution in [0.5, 0.6) is 0 Å². The van der Waals surface area contributed by atoms with Crippen LogP contribution in [0.15, 0.2) is 36.5 Å². The second-order valence-corrected chi connectivity index (χ2v) is 4.67. The van der Waals surface area contributed by atoms with Crippen LogP contribution in [-0.2, 0) is 9.59 Å². The van der Waals surface area contributed by atoms with Gasteiger partial charge in [0.05, 0.1) is 17.1 Å². The molecule has 2 aromatic rings. The van der Waals surface area contributed by atoms with Crippen molar-refractivity contribution < 1.29 is 14.4 Å². The second kappa shape index (κ2) is 4.16. The Balaban J connectivity index is 2.17. The molecule has 0 bridgehead atoms. The number of aromatic nitrogens is 1. The largest absolute Gasteiger partial charge is 0.313 e. The van der Waals surface area contributed by atoms with Crippen LogP contribution in [0.1, 0.15) is 29.9 Å². The first-order valence-electron chi connectivity index (χ1n) is 6.18. The molecule has 5 heteroatoms. The lowest BCUT2D eigenvalue weighted by Gasteiger charge is -2.18. The van der Waals surface area contributed by atoms with Gasteiger partial charge in [0.1, 0.15) is 0 Å². The number of imide groups is 1. The van der Waals surface area contributed by atoms with Crippen molar-refractivity contribution in [2.24, 2.45) is 0 Å². The van der Waals surface area contributed by atoms with Gasteiger partial charge in [0.2, 0.25) is 17.6 Å². The molecule has 1 aliphatic rings. The number of hydrogen-bond donors (Lipinski definition) is 0. The summed E-state index contributed by atoms with van der Waals surface area (Å²) in [5.74, 6) is -0.752.